The zero-order valence-electron chi connectivity index (χ0n) is 25.7. The molecule has 0 unspecified atom stereocenters. The molecule has 1 saturated carbocycles. The fourth-order valence-corrected chi connectivity index (χ4v) is 7.73. The normalized spacial score (nSPS) is 17.0. The number of benzene rings is 2. The highest BCUT2D eigenvalue weighted by atomic mass is 32.2. The third kappa shape index (κ3) is 9.45. The van der Waals surface area contributed by atoms with E-state index in [2.05, 4.69) is 20.3 Å². The molecule has 15 heteroatoms. The molecular weight excluding hydrogens is 622 g/mol. The van der Waals surface area contributed by atoms with E-state index in [1.807, 2.05) is 0 Å². The van der Waals surface area contributed by atoms with E-state index in [0.717, 1.165) is 17.8 Å². The Morgan fingerprint density at radius 2 is 1.71 bits per heavy atom. The van der Waals surface area contributed by atoms with Crippen LogP contribution < -0.4 is 20.1 Å². The average Bonchev–Trinajstić information content (AvgIpc) is 3.42. The third-order valence-electron chi connectivity index (χ3n) is 6.75. The van der Waals surface area contributed by atoms with Crippen LogP contribution in [0, 0.1) is 10.1 Å². The van der Waals surface area contributed by atoms with E-state index >= 15 is 0 Å². The van der Waals surface area contributed by atoms with Gasteiger partial charge in [-0.15, -0.1) is 11.3 Å². The topological polar surface area (TPSA) is 179 Å². The summed E-state index contributed by atoms with van der Waals surface area (Å²) in [5, 5.41) is 17.1. The zero-order chi connectivity index (χ0) is 32.9. The number of anilines is 1. The number of ether oxygens (including phenoxy) is 2. The predicted molar refractivity (Wildman–Crippen MR) is 170 cm³/mol. The lowest BCUT2D eigenvalue weighted by molar-refractivity contribution is -0.384. The van der Waals surface area contributed by atoms with Crippen molar-refractivity contribution in [2.24, 2.45) is 0 Å². The van der Waals surface area contributed by atoms with Crippen molar-refractivity contribution < 1.29 is 32.4 Å². The molecule has 3 N–H and O–H groups in total. The molecule has 13 nitrogen and oxygen atoms in total. The van der Waals surface area contributed by atoms with Crippen LogP contribution in [0.5, 0.6) is 5.75 Å². The summed E-state index contributed by atoms with van der Waals surface area (Å²) in [6.07, 6.45) is 2.91. The first-order valence-corrected chi connectivity index (χ1v) is 16.7. The van der Waals surface area contributed by atoms with Crippen molar-refractivity contribution in [2.75, 3.05) is 5.32 Å². The van der Waals surface area contributed by atoms with Crippen LogP contribution in [0.15, 0.2) is 53.6 Å². The average molecular weight is 660 g/mol. The number of carbonyl (C=O) groups excluding carboxylic acids is 2. The zero-order valence-corrected chi connectivity index (χ0v) is 27.3. The molecule has 242 valence electrons. The summed E-state index contributed by atoms with van der Waals surface area (Å²) in [4.78, 5) is 40.2. The van der Waals surface area contributed by atoms with E-state index in [1.54, 1.807) is 52.9 Å². The summed E-state index contributed by atoms with van der Waals surface area (Å²) < 4.78 is 40.1. The molecule has 4 rings (SSSR count). The number of sulfonamides is 1. The highest BCUT2D eigenvalue weighted by molar-refractivity contribution is 7.89. The van der Waals surface area contributed by atoms with E-state index in [-0.39, 0.29) is 40.1 Å². The number of non-ortho nitro benzene ring substituents is 1. The van der Waals surface area contributed by atoms with Crippen LogP contribution in [0.1, 0.15) is 71.2 Å². The molecule has 2 amide bonds. The molecule has 45 heavy (non-hydrogen) atoms. The molecule has 0 aliphatic heterocycles. The van der Waals surface area contributed by atoms with Crippen molar-refractivity contribution in [1.82, 2.24) is 15.0 Å². The molecule has 0 bridgehead atoms. The second kappa shape index (κ2) is 13.9. The second-order valence-electron chi connectivity index (χ2n) is 12.0. The first-order valence-electron chi connectivity index (χ1n) is 14.4. The van der Waals surface area contributed by atoms with Crippen LogP contribution in [0.3, 0.4) is 0 Å². The Morgan fingerprint density at radius 3 is 2.31 bits per heavy atom. The maximum absolute atomic E-state index is 13.5. The number of aromatic nitrogens is 1. The lowest BCUT2D eigenvalue weighted by atomic mass is 9.86. The smallest absolute Gasteiger partial charge is 0.412 e. The van der Waals surface area contributed by atoms with Gasteiger partial charge in [-0.1, -0.05) is 6.07 Å². The number of thiazole rings is 1. The standard InChI is InChI=1S/C30H37N5O8S2/c1-18(2)42-28(36)33-21-10-15-24(26(16-21)45(40,41)34-30(3,4)5)25-17-31-27(44-25)19-6-8-20(9-7-19)32-29(37)43-23-13-11-22(12-14-23)35(38)39/h10-20,34H,6-9H2,1-5H3,(H,32,37)(H,33,36). The number of amides is 2. The minimum atomic E-state index is -3.99. The van der Waals surface area contributed by atoms with Gasteiger partial charge >= 0.3 is 12.2 Å². The van der Waals surface area contributed by atoms with E-state index in [4.69, 9.17) is 9.47 Å². The van der Waals surface area contributed by atoms with Crippen LogP contribution in [0.4, 0.5) is 21.0 Å². The Kier molecular flexibility index (Phi) is 10.5. The minimum absolute atomic E-state index is 0.00872. The molecule has 1 heterocycles. The fourth-order valence-electron chi connectivity index (χ4n) is 4.87. The van der Waals surface area contributed by atoms with Gasteiger partial charge < -0.3 is 14.8 Å². The summed E-state index contributed by atoms with van der Waals surface area (Å²) in [5.41, 5.74) is -0.0943. The van der Waals surface area contributed by atoms with Crippen molar-refractivity contribution in [2.45, 2.75) is 88.8 Å². The molecule has 1 aliphatic carbocycles. The third-order valence-corrected chi connectivity index (χ3v) is 9.74. The number of hydrogen-bond donors (Lipinski definition) is 3. The molecule has 2 aromatic carbocycles. The molecule has 1 aromatic heterocycles. The van der Waals surface area contributed by atoms with Gasteiger partial charge in [0.05, 0.1) is 25.8 Å². The first kappa shape index (κ1) is 33.8. The quantitative estimate of drug-likeness (QED) is 0.169. The van der Waals surface area contributed by atoms with Crippen molar-refractivity contribution in [3.63, 3.8) is 0 Å². The van der Waals surface area contributed by atoms with Gasteiger partial charge in [0.15, 0.2) is 0 Å². The van der Waals surface area contributed by atoms with Crippen molar-refractivity contribution >= 4 is 44.9 Å². The maximum Gasteiger partial charge on any atom is 0.412 e. The van der Waals surface area contributed by atoms with Gasteiger partial charge in [0, 0.05) is 47.1 Å². The van der Waals surface area contributed by atoms with Crippen LogP contribution in [-0.4, -0.2) is 48.2 Å². The van der Waals surface area contributed by atoms with Gasteiger partial charge in [0.25, 0.3) is 5.69 Å². The summed E-state index contributed by atoms with van der Waals surface area (Å²) in [6.45, 7) is 8.68. The summed E-state index contributed by atoms with van der Waals surface area (Å²) in [7, 11) is -3.99. The first-order chi connectivity index (χ1) is 21.1. The molecule has 0 saturated heterocycles. The van der Waals surface area contributed by atoms with Crippen LogP contribution >= 0.6 is 11.3 Å². The lowest BCUT2D eigenvalue weighted by Crippen LogP contribution is -2.40. The number of rotatable bonds is 9. The van der Waals surface area contributed by atoms with Gasteiger partial charge in [-0.25, -0.2) is 27.7 Å². The summed E-state index contributed by atoms with van der Waals surface area (Å²) >= 11 is 1.41. The molecule has 0 spiro atoms. The number of hydrogen-bond acceptors (Lipinski definition) is 10. The number of carbonyl (C=O) groups is 2. The van der Waals surface area contributed by atoms with Gasteiger partial charge in [0.2, 0.25) is 10.0 Å². The highest BCUT2D eigenvalue weighted by Gasteiger charge is 2.29. The number of nitro groups is 1. The van der Waals surface area contributed by atoms with Crippen LogP contribution in [-0.2, 0) is 14.8 Å². The Labute approximate surface area is 265 Å². The molecule has 0 atom stereocenters. The maximum atomic E-state index is 13.5. The predicted octanol–water partition coefficient (Wildman–Crippen LogP) is 6.57. The van der Waals surface area contributed by atoms with E-state index < -0.39 is 32.7 Å². The minimum Gasteiger partial charge on any atom is -0.447 e. The molecular formula is C30H37N5O8S2. The van der Waals surface area contributed by atoms with Gasteiger partial charge in [0.1, 0.15) is 5.75 Å². The Morgan fingerprint density at radius 1 is 1.04 bits per heavy atom. The lowest BCUT2D eigenvalue weighted by Gasteiger charge is -2.27. The summed E-state index contributed by atoms with van der Waals surface area (Å²) in [5.74, 6) is 0.340. The largest absolute Gasteiger partial charge is 0.447 e. The number of nitro benzene ring substituents is 1. The van der Waals surface area contributed by atoms with E-state index in [0.29, 0.717) is 23.3 Å². The van der Waals surface area contributed by atoms with Crippen molar-refractivity contribution in [3.8, 4) is 16.2 Å². The van der Waals surface area contributed by atoms with Crippen molar-refractivity contribution in [1.29, 1.82) is 0 Å². The Bertz CT molecular complexity index is 1640. The van der Waals surface area contributed by atoms with Gasteiger partial charge in [-0.3, -0.25) is 15.4 Å². The number of nitrogens with zero attached hydrogens (tertiary/aromatic N) is 2. The van der Waals surface area contributed by atoms with Gasteiger partial charge in [-0.2, -0.15) is 0 Å². The summed E-state index contributed by atoms with van der Waals surface area (Å²) in [6, 6.07) is 9.86. The second-order valence-corrected chi connectivity index (χ2v) is 14.8. The number of nitrogens with one attached hydrogen (secondary N) is 3. The Hall–Kier alpha value is -4.08. The monoisotopic (exact) mass is 659 g/mol. The van der Waals surface area contributed by atoms with Crippen molar-refractivity contribution in [3.05, 3.63) is 63.8 Å². The SMILES string of the molecule is CC(C)OC(=O)Nc1ccc(-c2cnc(C3CCC(NC(=O)Oc4ccc([N+](=O)[O-])cc4)CC3)s2)c(S(=O)(=O)NC(C)(C)C)c1. The van der Waals surface area contributed by atoms with Gasteiger partial charge in [-0.05, 0) is 84.6 Å². The Balaban J connectivity index is 1.44. The molecule has 1 fully saturated rings. The molecule has 3 aromatic rings. The fraction of sp³-hybridized carbons (Fsp3) is 0.433. The van der Waals surface area contributed by atoms with Crippen LogP contribution in [0.25, 0.3) is 10.4 Å². The van der Waals surface area contributed by atoms with E-state index in [1.165, 1.54) is 41.7 Å². The van der Waals surface area contributed by atoms with E-state index in [9.17, 15) is 28.1 Å². The molecule has 1 aliphatic rings. The highest BCUT2D eigenvalue weighted by Crippen LogP contribution is 2.40. The van der Waals surface area contributed by atoms with Crippen LogP contribution in [0.2, 0.25) is 0 Å². The molecule has 0 radical (unpaired) electrons.